The van der Waals surface area contributed by atoms with Crippen molar-refractivity contribution in [2.24, 2.45) is 0 Å². The molecular formula is C22H23F3N2O2. The topological polar surface area (TPSA) is 58.2 Å². The molecule has 0 aliphatic carbocycles. The summed E-state index contributed by atoms with van der Waals surface area (Å²) in [5.74, 6) is -1.11. The van der Waals surface area contributed by atoms with E-state index in [9.17, 15) is 22.8 Å². The molecule has 2 N–H and O–H groups in total. The van der Waals surface area contributed by atoms with Crippen LogP contribution in [0.15, 0.2) is 60.7 Å². The number of alkyl halides is 3. The van der Waals surface area contributed by atoms with E-state index in [2.05, 4.69) is 10.6 Å². The number of benzene rings is 2. The number of halogens is 3. The first kappa shape index (κ1) is 22.2. The first-order valence-electron chi connectivity index (χ1n) is 9.22. The molecule has 2 aromatic rings. The van der Waals surface area contributed by atoms with E-state index >= 15 is 0 Å². The Hall–Kier alpha value is -3.09. The van der Waals surface area contributed by atoms with E-state index in [-0.39, 0.29) is 24.1 Å². The summed E-state index contributed by atoms with van der Waals surface area (Å²) in [5, 5.41) is 5.28. The molecule has 2 aromatic carbocycles. The van der Waals surface area contributed by atoms with Gasteiger partial charge in [0.05, 0.1) is 5.57 Å². The minimum Gasteiger partial charge on any atom is -0.350 e. The number of hydrogen-bond acceptors (Lipinski definition) is 2. The van der Waals surface area contributed by atoms with Gasteiger partial charge in [-0.15, -0.1) is 0 Å². The van der Waals surface area contributed by atoms with Gasteiger partial charge in [-0.3, -0.25) is 9.59 Å². The van der Waals surface area contributed by atoms with Crippen LogP contribution in [0.5, 0.6) is 0 Å². The fourth-order valence-corrected chi connectivity index (χ4v) is 2.55. The maximum absolute atomic E-state index is 13.3. The summed E-state index contributed by atoms with van der Waals surface area (Å²) in [4.78, 5) is 24.3. The highest BCUT2D eigenvalue weighted by Gasteiger charge is 2.35. The molecule has 0 bridgehead atoms. The van der Waals surface area contributed by atoms with Gasteiger partial charge in [0, 0.05) is 24.2 Å². The van der Waals surface area contributed by atoms with Crippen molar-refractivity contribution in [3.8, 4) is 0 Å². The van der Waals surface area contributed by atoms with Gasteiger partial charge in [0.2, 0.25) is 5.91 Å². The van der Waals surface area contributed by atoms with Crippen LogP contribution in [0.4, 0.5) is 13.2 Å². The van der Waals surface area contributed by atoms with Crippen molar-refractivity contribution >= 4 is 17.4 Å². The Labute approximate surface area is 167 Å². The van der Waals surface area contributed by atoms with Crippen LogP contribution < -0.4 is 10.6 Å². The number of allylic oxidation sites excluding steroid dienone is 1. The second-order valence-electron chi connectivity index (χ2n) is 6.62. The predicted molar refractivity (Wildman–Crippen MR) is 106 cm³/mol. The van der Waals surface area contributed by atoms with Crippen LogP contribution in [-0.4, -0.2) is 24.0 Å². The number of carbonyl (C=O) groups is 2. The van der Waals surface area contributed by atoms with Gasteiger partial charge in [0.25, 0.3) is 5.91 Å². The molecule has 2 rings (SSSR count). The largest absolute Gasteiger partial charge is 0.417 e. The number of hydrogen-bond donors (Lipinski definition) is 2. The number of amides is 2. The number of nitrogens with one attached hydrogen (secondary N) is 2. The maximum atomic E-state index is 13.3. The Kier molecular flexibility index (Phi) is 7.59. The van der Waals surface area contributed by atoms with Crippen molar-refractivity contribution in [2.45, 2.75) is 39.0 Å². The summed E-state index contributed by atoms with van der Waals surface area (Å²) in [5.41, 5.74) is -0.0687. The predicted octanol–water partition coefficient (Wildman–Crippen LogP) is 4.48. The molecule has 0 saturated carbocycles. The lowest BCUT2D eigenvalue weighted by Gasteiger charge is -2.13. The third-order valence-corrected chi connectivity index (χ3v) is 4.31. The summed E-state index contributed by atoms with van der Waals surface area (Å²) in [6.45, 7) is 3.84. The normalized spacial score (nSPS) is 12.9. The van der Waals surface area contributed by atoms with Crippen LogP contribution in [0.1, 0.15) is 41.8 Å². The van der Waals surface area contributed by atoms with Crippen LogP contribution in [0.3, 0.4) is 0 Å². The second-order valence-corrected chi connectivity index (χ2v) is 6.62. The zero-order valence-corrected chi connectivity index (χ0v) is 16.2. The van der Waals surface area contributed by atoms with Gasteiger partial charge in [0.15, 0.2) is 0 Å². The first-order chi connectivity index (χ1) is 13.7. The average molecular weight is 404 g/mol. The van der Waals surface area contributed by atoms with Gasteiger partial charge in [-0.25, -0.2) is 0 Å². The van der Waals surface area contributed by atoms with Gasteiger partial charge in [-0.05, 0) is 36.6 Å². The highest BCUT2D eigenvalue weighted by Crippen LogP contribution is 2.33. The maximum Gasteiger partial charge on any atom is 0.417 e. The lowest BCUT2D eigenvalue weighted by Crippen LogP contribution is -2.32. The zero-order chi connectivity index (χ0) is 21.4. The highest BCUT2D eigenvalue weighted by molar-refractivity contribution is 5.96. The summed E-state index contributed by atoms with van der Waals surface area (Å²) in [6, 6.07) is 13.8. The third-order valence-electron chi connectivity index (χ3n) is 4.31. The average Bonchev–Trinajstić information content (AvgIpc) is 2.70. The third kappa shape index (κ3) is 6.78. The number of carbonyl (C=O) groups excluding carboxylic acids is 2. The van der Waals surface area contributed by atoms with Crippen LogP contribution in [-0.2, 0) is 11.3 Å². The van der Waals surface area contributed by atoms with Crippen LogP contribution in [0.2, 0.25) is 0 Å². The smallest absolute Gasteiger partial charge is 0.350 e. The lowest BCUT2D eigenvalue weighted by atomic mass is 10.0. The van der Waals surface area contributed by atoms with Gasteiger partial charge < -0.3 is 10.6 Å². The van der Waals surface area contributed by atoms with Crippen molar-refractivity contribution in [2.75, 3.05) is 0 Å². The Morgan fingerprint density at radius 3 is 2.31 bits per heavy atom. The Bertz CT molecular complexity index is 877. The van der Waals surface area contributed by atoms with Gasteiger partial charge in [-0.2, -0.15) is 13.2 Å². The quantitative estimate of drug-likeness (QED) is 0.669. The molecule has 0 aliphatic rings. The lowest BCUT2D eigenvalue weighted by molar-refractivity contribution is -0.117. The molecule has 154 valence electrons. The molecule has 1 unspecified atom stereocenters. The molecule has 0 radical (unpaired) electrons. The molecule has 7 heteroatoms. The van der Waals surface area contributed by atoms with Gasteiger partial charge in [-0.1, -0.05) is 49.4 Å². The SMILES string of the molecule is CCC(C)NC(=O)c1cccc(CNC(=O)/C=C(/c2ccccc2)C(F)(F)F)c1. The van der Waals surface area contributed by atoms with Crippen molar-refractivity contribution in [3.63, 3.8) is 0 Å². The highest BCUT2D eigenvalue weighted by atomic mass is 19.4. The molecule has 0 fully saturated rings. The van der Waals surface area contributed by atoms with E-state index in [1.807, 2.05) is 13.8 Å². The molecule has 4 nitrogen and oxygen atoms in total. The standard InChI is InChI=1S/C22H23F3N2O2/c1-3-15(2)27-21(29)18-11-7-8-16(12-18)14-26-20(28)13-19(22(23,24)25)17-9-5-4-6-10-17/h4-13,15H,3,14H2,1-2H3,(H,26,28)(H,27,29)/b19-13-. The van der Waals surface area contributed by atoms with Crippen LogP contribution >= 0.6 is 0 Å². The molecule has 0 heterocycles. The fraction of sp³-hybridized carbons (Fsp3) is 0.273. The molecule has 0 aromatic heterocycles. The van der Waals surface area contributed by atoms with Crippen molar-refractivity contribution in [3.05, 3.63) is 77.4 Å². The van der Waals surface area contributed by atoms with E-state index < -0.39 is 17.7 Å². The molecule has 0 spiro atoms. The minimum absolute atomic E-state index is 0.000286. The van der Waals surface area contributed by atoms with E-state index in [1.165, 1.54) is 24.3 Å². The van der Waals surface area contributed by atoms with E-state index in [4.69, 9.17) is 0 Å². The summed E-state index contributed by atoms with van der Waals surface area (Å²) >= 11 is 0. The second kappa shape index (κ2) is 9.91. The van der Waals surface area contributed by atoms with E-state index in [0.29, 0.717) is 17.2 Å². The summed E-state index contributed by atoms with van der Waals surface area (Å²) in [6.07, 6.45) is -3.32. The summed E-state index contributed by atoms with van der Waals surface area (Å²) < 4.78 is 39.9. The molecule has 0 saturated heterocycles. The fourth-order valence-electron chi connectivity index (χ4n) is 2.55. The van der Waals surface area contributed by atoms with E-state index in [1.54, 1.807) is 30.3 Å². The molecule has 29 heavy (non-hydrogen) atoms. The monoisotopic (exact) mass is 404 g/mol. The summed E-state index contributed by atoms with van der Waals surface area (Å²) in [7, 11) is 0. The molecule has 1 atom stereocenters. The van der Waals surface area contributed by atoms with Crippen LogP contribution in [0, 0.1) is 0 Å². The number of rotatable bonds is 7. The van der Waals surface area contributed by atoms with E-state index in [0.717, 1.165) is 6.42 Å². The minimum atomic E-state index is -4.66. The molecule has 2 amide bonds. The molecule has 0 aliphatic heterocycles. The van der Waals surface area contributed by atoms with Crippen molar-refractivity contribution in [1.82, 2.24) is 10.6 Å². The Morgan fingerprint density at radius 1 is 1.03 bits per heavy atom. The zero-order valence-electron chi connectivity index (χ0n) is 16.2. The first-order valence-corrected chi connectivity index (χ1v) is 9.22. The Morgan fingerprint density at radius 2 is 1.69 bits per heavy atom. The van der Waals surface area contributed by atoms with Crippen LogP contribution in [0.25, 0.3) is 5.57 Å². The van der Waals surface area contributed by atoms with Crippen molar-refractivity contribution in [1.29, 1.82) is 0 Å². The van der Waals surface area contributed by atoms with Crippen molar-refractivity contribution < 1.29 is 22.8 Å². The molecular weight excluding hydrogens is 381 g/mol. The Balaban J connectivity index is 2.09. The van der Waals surface area contributed by atoms with Gasteiger partial charge in [0.1, 0.15) is 0 Å². The van der Waals surface area contributed by atoms with Gasteiger partial charge >= 0.3 is 6.18 Å².